The molecule has 0 spiro atoms. The third-order valence-electron chi connectivity index (χ3n) is 4.81. The Labute approximate surface area is 178 Å². The minimum Gasteiger partial charge on any atom is -0.355 e. The largest absolute Gasteiger partial charge is 0.355 e. The van der Waals surface area contributed by atoms with Crippen LogP contribution >= 0.6 is 0 Å². The van der Waals surface area contributed by atoms with Gasteiger partial charge in [-0.2, -0.15) is 5.10 Å². The molecule has 0 atom stereocenters. The molecule has 0 saturated carbocycles. The number of carbonyl (C=O) groups excluding carboxylic acids is 2. The molecule has 0 bridgehead atoms. The zero-order chi connectivity index (χ0) is 21.8. The molecule has 0 unspecified atom stereocenters. The number of amides is 2. The Kier molecular flexibility index (Phi) is 5.61. The zero-order valence-corrected chi connectivity index (χ0v) is 16.7. The molecule has 7 nitrogen and oxygen atoms in total. The van der Waals surface area contributed by atoms with E-state index in [1.54, 1.807) is 66.5 Å². The van der Waals surface area contributed by atoms with E-state index in [9.17, 15) is 14.0 Å². The summed E-state index contributed by atoms with van der Waals surface area (Å²) in [4.78, 5) is 24.6. The van der Waals surface area contributed by atoms with Crippen LogP contribution < -0.4 is 10.6 Å². The smallest absolute Gasteiger partial charge is 0.256 e. The highest BCUT2D eigenvalue weighted by Crippen LogP contribution is 2.21. The van der Waals surface area contributed by atoms with Crippen molar-refractivity contribution in [2.24, 2.45) is 0 Å². The number of benzene rings is 2. The molecule has 2 heterocycles. The quantitative estimate of drug-likeness (QED) is 0.506. The number of hydrogen-bond donors (Lipinski definition) is 2. The van der Waals surface area contributed by atoms with Crippen LogP contribution in [0.4, 0.5) is 4.39 Å². The van der Waals surface area contributed by atoms with Crippen molar-refractivity contribution in [1.82, 2.24) is 25.0 Å². The second-order valence-corrected chi connectivity index (χ2v) is 6.79. The van der Waals surface area contributed by atoms with Gasteiger partial charge in [-0.3, -0.25) is 9.59 Å². The lowest BCUT2D eigenvalue weighted by Crippen LogP contribution is -2.24. The van der Waals surface area contributed by atoms with Crippen molar-refractivity contribution < 1.29 is 14.0 Å². The van der Waals surface area contributed by atoms with Gasteiger partial charge in [-0.1, -0.05) is 24.3 Å². The SMILES string of the molecule is CNC(=O)c1ccc(CNC(=O)c2cnn(-c3ccccc3F)c2-n2cccc2)cc1. The van der Waals surface area contributed by atoms with E-state index in [0.29, 0.717) is 16.9 Å². The molecule has 0 saturated heterocycles. The molecule has 0 fully saturated rings. The number of nitrogens with one attached hydrogen (secondary N) is 2. The average molecular weight is 417 g/mol. The number of hydrogen-bond acceptors (Lipinski definition) is 3. The first kappa shape index (κ1) is 20.1. The molecule has 2 aromatic heterocycles. The van der Waals surface area contributed by atoms with Gasteiger partial charge < -0.3 is 15.2 Å². The maximum Gasteiger partial charge on any atom is 0.256 e. The van der Waals surface area contributed by atoms with Crippen molar-refractivity contribution in [2.75, 3.05) is 7.05 Å². The fourth-order valence-electron chi connectivity index (χ4n) is 3.22. The molecule has 0 aliphatic carbocycles. The molecule has 4 aromatic rings. The van der Waals surface area contributed by atoms with E-state index in [0.717, 1.165) is 5.56 Å². The second kappa shape index (κ2) is 8.66. The molecule has 31 heavy (non-hydrogen) atoms. The van der Waals surface area contributed by atoms with Crippen molar-refractivity contribution in [1.29, 1.82) is 0 Å². The van der Waals surface area contributed by atoms with Gasteiger partial charge in [0.1, 0.15) is 17.1 Å². The van der Waals surface area contributed by atoms with Gasteiger partial charge in [0.15, 0.2) is 5.82 Å². The summed E-state index contributed by atoms with van der Waals surface area (Å²) in [5, 5.41) is 9.69. The van der Waals surface area contributed by atoms with Gasteiger partial charge in [0.2, 0.25) is 0 Å². The third-order valence-corrected chi connectivity index (χ3v) is 4.81. The van der Waals surface area contributed by atoms with Gasteiger partial charge >= 0.3 is 0 Å². The maximum atomic E-state index is 14.4. The van der Waals surface area contributed by atoms with E-state index in [-0.39, 0.29) is 24.0 Å². The lowest BCUT2D eigenvalue weighted by molar-refractivity contribution is 0.0946. The van der Waals surface area contributed by atoms with E-state index in [1.165, 1.54) is 16.9 Å². The lowest BCUT2D eigenvalue weighted by Gasteiger charge is -2.12. The van der Waals surface area contributed by atoms with Crippen LogP contribution in [0.3, 0.4) is 0 Å². The molecule has 156 valence electrons. The van der Waals surface area contributed by atoms with E-state index in [1.807, 2.05) is 12.1 Å². The molecule has 2 aromatic carbocycles. The molecular formula is C23H20FN5O2. The molecule has 8 heteroatoms. The Hall–Kier alpha value is -4.20. The van der Waals surface area contributed by atoms with Gasteiger partial charge in [0.25, 0.3) is 11.8 Å². The predicted octanol–water partition coefficient (Wildman–Crippen LogP) is 3.09. The Bertz CT molecular complexity index is 1210. The Morgan fingerprint density at radius 3 is 2.35 bits per heavy atom. The minimum atomic E-state index is -0.442. The van der Waals surface area contributed by atoms with Crippen molar-refractivity contribution in [3.63, 3.8) is 0 Å². The highest BCUT2D eigenvalue weighted by Gasteiger charge is 2.21. The standard InChI is InChI=1S/C23H20FN5O2/c1-25-21(30)17-10-8-16(9-11-17)14-26-22(31)18-15-27-29(20-7-3-2-6-19(20)24)23(18)28-12-4-5-13-28/h2-13,15H,14H2,1H3,(H,25,30)(H,26,31). The van der Waals surface area contributed by atoms with Crippen LogP contribution in [0, 0.1) is 5.82 Å². The number of rotatable bonds is 6. The van der Waals surface area contributed by atoms with Crippen LogP contribution in [0.5, 0.6) is 0 Å². The first-order valence-electron chi connectivity index (χ1n) is 9.64. The summed E-state index contributed by atoms with van der Waals surface area (Å²) in [6.07, 6.45) is 4.96. The number of para-hydroxylation sites is 1. The van der Waals surface area contributed by atoms with Gasteiger partial charge in [-0.15, -0.1) is 0 Å². The Balaban J connectivity index is 1.60. The highest BCUT2D eigenvalue weighted by atomic mass is 19.1. The van der Waals surface area contributed by atoms with Crippen LogP contribution in [0.1, 0.15) is 26.3 Å². The third kappa shape index (κ3) is 4.09. The number of aromatic nitrogens is 3. The molecule has 0 aliphatic heterocycles. The van der Waals surface area contributed by atoms with E-state index in [2.05, 4.69) is 15.7 Å². The van der Waals surface area contributed by atoms with E-state index < -0.39 is 5.82 Å². The summed E-state index contributed by atoms with van der Waals surface area (Å²) < 4.78 is 17.5. The number of nitrogens with zero attached hydrogens (tertiary/aromatic N) is 3. The minimum absolute atomic E-state index is 0.174. The Morgan fingerprint density at radius 2 is 1.68 bits per heavy atom. The van der Waals surface area contributed by atoms with Crippen LogP contribution in [0.2, 0.25) is 0 Å². The predicted molar refractivity (Wildman–Crippen MR) is 114 cm³/mol. The van der Waals surface area contributed by atoms with Gasteiger partial charge in [-0.25, -0.2) is 9.07 Å². The molecule has 4 rings (SSSR count). The summed E-state index contributed by atoms with van der Waals surface area (Å²) >= 11 is 0. The van der Waals surface area contributed by atoms with Crippen LogP contribution in [0.25, 0.3) is 11.5 Å². The summed E-state index contributed by atoms with van der Waals surface area (Å²) in [5.41, 5.74) is 1.93. The molecule has 2 N–H and O–H groups in total. The second-order valence-electron chi connectivity index (χ2n) is 6.79. The van der Waals surface area contributed by atoms with Crippen LogP contribution in [-0.2, 0) is 6.54 Å². The number of halogens is 1. The van der Waals surface area contributed by atoms with Crippen LogP contribution in [0.15, 0.2) is 79.3 Å². The van der Waals surface area contributed by atoms with Crippen molar-refractivity contribution in [2.45, 2.75) is 6.54 Å². The normalized spacial score (nSPS) is 10.6. The fourth-order valence-corrected chi connectivity index (χ4v) is 3.22. The molecular weight excluding hydrogens is 397 g/mol. The van der Waals surface area contributed by atoms with Crippen LogP contribution in [-0.4, -0.2) is 33.2 Å². The molecule has 2 amide bonds. The summed E-state index contributed by atoms with van der Waals surface area (Å²) in [6, 6.07) is 16.8. The fraction of sp³-hybridized carbons (Fsp3) is 0.0870. The summed E-state index contributed by atoms with van der Waals surface area (Å²) in [5.74, 6) is -0.529. The first-order chi connectivity index (χ1) is 15.1. The average Bonchev–Trinajstić information content (AvgIpc) is 3.47. The molecule has 0 radical (unpaired) electrons. The van der Waals surface area contributed by atoms with Gasteiger partial charge in [0.05, 0.1) is 6.20 Å². The van der Waals surface area contributed by atoms with Gasteiger partial charge in [-0.05, 0) is 42.0 Å². The summed E-state index contributed by atoms with van der Waals surface area (Å²) in [7, 11) is 1.57. The highest BCUT2D eigenvalue weighted by molar-refractivity contribution is 5.97. The number of carbonyl (C=O) groups is 2. The van der Waals surface area contributed by atoms with E-state index >= 15 is 0 Å². The Morgan fingerprint density at radius 1 is 0.968 bits per heavy atom. The zero-order valence-electron chi connectivity index (χ0n) is 16.7. The lowest BCUT2D eigenvalue weighted by atomic mass is 10.1. The maximum absolute atomic E-state index is 14.4. The monoisotopic (exact) mass is 417 g/mol. The van der Waals surface area contributed by atoms with Crippen molar-refractivity contribution >= 4 is 11.8 Å². The summed E-state index contributed by atoms with van der Waals surface area (Å²) in [6.45, 7) is 0.267. The van der Waals surface area contributed by atoms with Crippen molar-refractivity contribution in [3.05, 3.63) is 102 Å². The first-order valence-corrected chi connectivity index (χ1v) is 9.64. The van der Waals surface area contributed by atoms with E-state index in [4.69, 9.17) is 0 Å². The topological polar surface area (TPSA) is 81.0 Å². The molecule has 0 aliphatic rings. The van der Waals surface area contributed by atoms with Crippen molar-refractivity contribution in [3.8, 4) is 11.5 Å². The van der Waals surface area contributed by atoms with Gasteiger partial charge in [0, 0.05) is 31.5 Å².